The van der Waals surface area contributed by atoms with Gasteiger partial charge in [0.05, 0.1) is 16.9 Å². The van der Waals surface area contributed by atoms with Crippen LogP contribution in [0.3, 0.4) is 0 Å². The maximum atomic E-state index is 12.3. The van der Waals surface area contributed by atoms with E-state index in [0.717, 1.165) is 12.1 Å². The molecule has 3 aromatic rings. The Labute approximate surface area is 173 Å². The Hall–Kier alpha value is -3.87. The van der Waals surface area contributed by atoms with E-state index in [1.54, 1.807) is 47.4 Å². The summed E-state index contributed by atoms with van der Waals surface area (Å²) >= 11 is 0. The number of aromatic nitrogens is 1. The SMILES string of the molecule is O=C(COC(=O)c1ccc(-n2cccc2)cc1)Nc1ccccc1N1CCCC1=O. The first-order valence-corrected chi connectivity index (χ1v) is 9.71. The number of hydrogen-bond donors (Lipinski definition) is 1. The summed E-state index contributed by atoms with van der Waals surface area (Å²) in [6.07, 6.45) is 5.11. The van der Waals surface area contributed by atoms with Crippen molar-refractivity contribution in [3.8, 4) is 5.69 Å². The van der Waals surface area contributed by atoms with E-state index in [2.05, 4.69) is 5.32 Å². The number of anilines is 2. The maximum Gasteiger partial charge on any atom is 0.338 e. The second kappa shape index (κ2) is 8.65. The molecule has 0 atom stereocenters. The number of amides is 2. The maximum absolute atomic E-state index is 12.3. The molecule has 1 aliphatic heterocycles. The summed E-state index contributed by atoms with van der Waals surface area (Å²) in [5.41, 5.74) is 2.45. The van der Waals surface area contributed by atoms with Gasteiger partial charge in [-0.05, 0) is 55.0 Å². The number of benzene rings is 2. The topological polar surface area (TPSA) is 80.6 Å². The lowest BCUT2D eigenvalue weighted by molar-refractivity contribution is -0.119. The summed E-state index contributed by atoms with van der Waals surface area (Å²) in [7, 11) is 0. The summed E-state index contributed by atoms with van der Waals surface area (Å²) < 4.78 is 7.06. The van der Waals surface area contributed by atoms with Gasteiger partial charge in [-0.2, -0.15) is 0 Å². The van der Waals surface area contributed by atoms with Gasteiger partial charge in [-0.25, -0.2) is 4.79 Å². The number of para-hydroxylation sites is 2. The highest BCUT2D eigenvalue weighted by molar-refractivity contribution is 6.02. The van der Waals surface area contributed by atoms with E-state index in [9.17, 15) is 14.4 Å². The molecule has 2 heterocycles. The molecule has 2 aromatic carbocycles. The summed E-state index contributed by atoms with van der Waals surface area (Å²) in [6.45, 7) is 0.209. The van der Waals surface area contributed by atoms with Crippen LogP contribution in [0.25, 0.3) is 5.69 Å². The van der Waals surface area contributed by atoms with Crippen LogP contribution in [-0.4, -0.2) is 35.5 Å². The van der Waals surface area contributed by atoms with Gasteiger partial charge in [0.25, 0.3) is 5.91 Å². The average Bonchev–Trinajstić information content (AvgIpc) is 3.45. The summed E-state index contributed by atoms with van der Waals surface area (Å²) in [5.74, 6) is -1.01. The van der Waals surface area contributed by atoms with Gasteiger partial charge in [-0.15, -0.1) is 0 Å². The summed E-state index contributed by atoms with van der Waals surface area (Å²) in [6, 6.07) is 17.9. The highest BCUT2D eigenvalue weighted by Gasteiger charge is 2.24. The summed E-state index contributed by atoms with van der Waals surface area (Å²) in [4.78, 5) is 38.3. The molecular formula is C23H21N3O4. The molecular weight excluding hydrogens is 382 g/mol. The third-order valence-electron chi connectivity index (χ3n) is 4.88. The zero-order valence-corrected chi connectivity index (χ0v) is 16.3. The highest BCUT2D eigenvalue weighted by atomic mass is 16.5. The molecule has 0 unspecified atom stereocenters. The van der Waals surface area contributed by atoms with E-state index in [-0.39, 0.29) is 5.91 Å². The Balaban J connectivity index is 1.35. The van der Waals surface area contributed by atoms with Gasteiger partial charge in [0.1, 0.15) is 0 Å². The normalized spacial score (nSPS) is 13.3. The van der Waals surface area contributed by atoms with Crippen molar-refractivity contribution in [3.63, 3.8) is 0 Å². The molecule has 7 heteroatoms. The van der Waals surface area contributed by atoms with Gasteiger partial charge in [-0.1, -0.05) is 12.1 Å². The van der Waals surface area contributed by atoms with E-state index in [1.165, 1.54) is 0 Å². The highest BCUT2D eigenvalue weighted by Crippen LogP contribution is 2.29. The van der Waals surface area contributed by atoms with Crippen LogP contribution in [0.15, 0.2) is 73.1 Å². The Kier molecular flexibility index (Phi) is 5.61. The molecule has 1 aliphatic rings. The first-order valence-electron chi connectivity index (χ1n) is 9.71. The Bertz CT molecular complexity index is 1060. The van der Waals surface area contributed by atoms with E-state index >= 15 is 0 Å². The fourth-order valence-electron chi connectivity index (χ4n) is 3.39. The Morgan fingerprint density at radius 2 is 1.70 bits per heavy atom. The van der Waals surface area contributed by atoms with Crippen LogP contribution in [0.5, 0.6) is 0 Å². The van der Waals surface area contributed by atoms with Crippen LogP contribution in [-0.2, 0) is 14.3 Å². The Morgan fingerprint density at radius 1 is 0.967 bits per heavy atom. The van der Waals surface area contributed by atoms with E-state index in [0.29, 0.717) is 29.9 Å². The minimum Gasteiger partial charge on any atom is -0.452 e. The first-order chi connectivity index (χ1) is 14.6. The summed E-state index contributed by atoms with van der Waals surface area (Å²) in [5, 5.41) is 2.73. The minimum absolute atomic E-state index is 0.0338. The molecule has 4 rings (SSSR count). The number of esters is 1. The van der Waals surface area contributed by atoms with Gasteiger partial charge in [0.15, 0.2) is 6.61 Å². The number of rotatable bonds is 6. The van der Waals surface area contributed by atoms with Crippen LogP contribution in [0.4, 0.5) is 11.4 Å². The van der Waals surface area contributed by atoms with Gasteiger partial charge in [0.2, 0.25) is 5.91 Å². The average molecular weight is 403 g/mol. The molecule has 1 aromatic heterocycles. The molecule has 152 valence electrons. The van der Waals surface area contributed by atoms with Gasteiger partial charge < -0.3 is 19.5 Å². The lowest BCUT2D eigenvalue weighted by Gasteiger charge is -2.19. The van der Waals surface area contributed by atoms with Crippen molar-refractivity contribution >= 4 is 29.2 Å². The monoisotopic (exact) mass is 403 g/mol. The van der Waals surface area contributed by atoms with Crippen LogP contribution < -0.4 is 10.2 Å². The van der Waals surface area contributed by atoms with Gasteiger partial charge in [0, 0.05) is 31.0 Å². The largest absolute Gasteiger partial charge is 0.452 e. The first kappa shape index (κ1) is 19.4. The molecule has 0 aliphatic carbocycles. The lowest BCUT2D eigenvalue weighted by atomic mass is 10.2. The predicted molar refractivity (Wildman–Crippen MR) is 113 cm³/mol. The van der Waals surface area contributed by atoms with Gasteiger partial charge in [-0.3, -0.25) is 9.59 Å². The molecule has 1 fully saturated rings. The van der Waals surface area contributed by atoms with Crippen molar-refractivity contribution in [2.24, 2.45) is 0 Å². The van der Waals surface area contributed by atoms with Crippen molar-refractivity contribution in [2.75, 3.05) is 23.4 Å². The molecule has 1 saturated heterocycles. The number of carbonyl (C=O) groups excluding carboxylic acids is 3. The van der Waals surface area contributed by atoms with Crippen molar-refractivity contribution < 1.29 is 19.1 Å². The van der Waals surface area contributed by atoms with Crippen molar-refractivity contribution in [1.29, 1.82) is 0 Å². The second-order valence-corrected chi connectivity index (χ2v) is 6.93. The molecule has 1 N–H and O–H groups in total. The molecule has 30 heavy (non-hydrogen) atoms. The number of ether oxygens (including phenoxy) is 1. The van der Waals surface area contributed by atoms with Crippen LogP contribution in [0.1, 0.15) is 23.2 Å². The molecule has 0 radical (unpaired) electrons. The van der Waals surface area contributed by atoms with Crippen molar-refractivity contribution in [3.05, 3.63) is 78.6 Å². The van der Waals surface area contributed by atoms with E-state index in [4.69, 9.17) is 4.74 Å². The third-order valence-corrected chi connectivity index (χ3v) is 4.88. The van der Waals surface area contributed by atoms with Crippen LogP contribution >= 0.6 is 0 Å². The van der Waals surface area contributed by atoms with Crippen LogP contribution in [0, 0.1) is 0 Å². The third kappa shape index (κ3) is 4.25. The fourth-order valence-corrected chi connectivity index (χ4v) is 3.39. The fraction of sp³-hybridized carbons (Fsp3) is 0.174. The molecule has 0 spiro atoms. The number of nitrogens with zero attached hydrogens (tertiary/aromatic N) is 2. The Morgan fingerprint density at radius 3 is 2.40 bits per heavy atom. The molecule has 0 bridgehead atoms. The number of carbonyl (C=O) groups is 3. The van der Waals surface area contributed by atoms with E-state index in [1.807, 2.05) is 35.2 Å². The molecule has 0 saturated carbocycles. The van der Waals surface area contributed by atoms with E-state index < -0.39 is 18.5 Å². The predicted octanol–water partition coefficient (Wildman–Crippen LogP) is 3.40. The second-order valence-electron chi connectivity index (χ2n) is 6.93. The lowest BCUT2D eigenvalue weighted by Crippen LogP contribution is -2.27. The molecule has 2 amide bonds. The van der Waals surface area contributed by atoms with Gasteiger partial charge >= 0.3 is 5.97 Å². The standard InChI is InChI=1S/C23H21N3O4/c27-21(24-19-6-1-2-7-20(19)26-15-5-8-22(26)28)16-30-23(29)17-9-11-18(12-10-17)25-13-3-4-14-25/h1-4,6-7,9-14H,5,8,15-16H2,(H,24,27). The smallest absolute Gasteiger partial charge is 0.338 e. The quantitative estimate of drug-likeness (QED) is 0.640. The van der Waals surface area contributed by atoms with Crippen molar-refractivity contribution in [1.82, 2.24) is 4.57 Å². The van der Waals surface area contributed by atoms with Crippen molar-refractivity contribution in [2.45, 2.75) is 12.8 Å². The number of nitrogens with one attached hydrogen (secondary N) is 1. The number of hydrogen-bond acceptors (Lipinski definition) is 4. The minimum atomic E-state index is -0.577. The van der Waals surface area contributed by atoms with Crippen LogP contribution in [0.2, 0.25) is 0 Å². The zero-order chi connectivity index (χ0) is 20.9. The zero-order valence-electron chi connectivity index (χ0n) is 16.3. The molecule has 7 nitrogen and oxygen atoms in total.